The Labute approximate surface area is 263 Å². The van der Waals surface area contributed by atoms with Crippen LogP contribution in [0.25, 0.3) is 22.5 Å². The Bertz CT molecular complexity index is 1780. The average molecular weight is 638 g/mol. The quantitative estimate of drug-likeness (QED) is 0.256. The third kappa shape index (κ3) is 6.45. The number of aryl methyl sites for hydroxylation is 1. The topological polar surface area (TPSA) is 129 Å². The number of aromatic nitrogens is 4. The lowest BCUT2D eigenvalue weighted by atomic mass is 10.0. The van der Waals surface area contributed by atoms with Crippen molar-refractivity contribution in [2.24, 2.45) is 13.0 Å². The Morgan fingerprint density at radius 3 is 2.55 bits per heavy atom. The predicted molar refractivity (Wildman–Crippen MR) is 167 cm³/mol. The molecule has 1 fully saturated rings. The Hall–Kier alpha value is -4.32. The van der Waals surface area contributed by atoms with Gasteiger partial charge in [-0.3, -0.25) is 19.3 Å². The molecule has 1 unspecified atom stereocenters. The van der Waals surface area contributed by atoms with Gasteiger partial charge in [0.05, 0.1) is 35.4 Å². The molecular formula is C31H30Cl2N6O5. The fraction of sp³-hybridized carbons (Fsp3) is 0.290. The summed E-state index contributed by atoms with van der Waals surface area (Å²) in [6.07, 6.45) is 3.81. The van der Waals surface area contributed by atoms with Crippen LogP contribution in [0.1, 0.15) is 29.3 Å². The summed E-state index contributed by atoms with van der Waals surface area (Å²) in [6, 6.07) is 11.9. The SMILES string of the molecule is CCOC(=O)C1CCN(Cc2cnc(-c3cccc(-c4cccc(NC(=O)c5ccnn(C)c5=O)c4Cl)c3Cl)nc2OC)C1. The molecule has 44 heavy (non-hydrogen) atoms. The number of halogens is 2. The second-order valence-electron chi connectivity index (χ2n) is 10.2. The summed E-state index contributed by atoms with van der Waals surface area (Å²) in [4.78, 5) is 48.8. The highest BCUT2D eigenvalue weighted by Gasteiger charge is 2.30. The predicted octanol–water partition coefficient (Wildman–Crippen LogP) is 4.86. The Balaban J connectivity index is 1.39. The number of carbonyl (C=O) groups is 2. The molecule has 0 radical (unpaired) electrons. The molecule has 5 rings (SSSR count). The standard InChI is InChI=1S/C31H30Cl2N6O5/c1-4-44-31(42)18-12-14-39(16-18)17-19-15-34-27(37-29(19)43-3)22-9-5-7-20(25(22)32)21-8-6-10-24(26(21)33)36-28(40)23-11-13-35-38(2)30(23)41/h5-11,13,15,18H,4,12,14,16-17H2,1-3H3,(H,36,40). The minimum Gasteiger partial charge on any atom is -0.481 e. The normalized spacial score (nSPS) is 14.8. The summed E-state index contributed by atoms with van der Waals surface area (Å²) in [5, 5.41) is 7.15. The van der Waals surface area contributed by atoms with Gasteiger partial charge in [0.15, 0.2) is 5.82 Å². The molecule has 1 N–H and O–H groups in total. The first-order valence-corrected chi connectivity index (χ1v) is 14.7. The average Bonchev–Trinajstić information content (AvgIpc) is 3.49. The highest BCUT2D eigenvalue weighted by Crippen LogP contribution is 2.41. The van der Waals surface area contributed by atoms with Crippen LogP contribution < -0.4 is 15.6 Å². The number of rotatable bonds is 9. The maximum atomic E-state index is 12.9. The molecule has 3 heterocycles. The van der Waals surface area contributed by atoms with Crippen LogP contribution in [0, 0.1) is 5.92 Å². The van der Waals surface area contributed by atoms with Crippen LogP contribution in [-0.2, 0) is 23.1 Å². The van der Waals surface area contributed by atoms with E-state index in [-0.39, 0.29) is 22.5 Å². The zero-order valence-corrected chi connectivity index (χ0v) is 25.9. The summed E-state index contributed by atoms with van der Waals surface area (Å²) < 4.78 is 11.9. The number of hydrogen-bond acceptors (Lipinski definition) is 9. The van der Waals surface area contributed by atoms with Crippen molar-refractivity contribution in [1.82, 2.24) is 24.6 Å². The summed E-state index contributed by atoms with van der Waals surface area (Å²) >= 11 is 13.7. The first kappa shape index (κ1) is 31.1. The van der Waals surface area contributed by atoms with Gasteiger partial charge in [0, 0.05) is 54.8 Å². The molecule has 2 aromatic carbocycles. The Kier molecular flexibility index (Phi) is 9.58. The summed E-state index contributed by atoms with van der Waals surface area (Å²) in [6.45, 7) is 4.04. The van der Waals surface area contributed by atoms with Crippen molar-refractivity contribution in [3.05, 3.63) is 86.4 Å². The van der Waals surface area contributed by atoms with Crippen LogP contribution in [-0.4, -0.2) is 63.3 Å². The van der Waals surface area contributed by atoms with Gasteiger partial charge in [-0.05, 0) is 38.1 Å². The van der Waals surface area contributed by atoms with E-state index in [4.69, 9.17) is 32.7 Å². The molecule has 11 nitrogen and oxygen atoms in total. The fourth-order valence-corrected chi connectivity index (χ4v) is 5.68. The third-order valence-corrected chi connectivity index (χ3v) is 8.15. The number of esters is 1. The van der Waals surface area contributed by atoms with Crippen molar-refractivity contribution < 1.29 is 19.1 Å². The number of amides is 1. The number of nitrogens with one attached hydrogen (secondary N) is 1. The summed E-state index contributed by atoms with van der Waals surface area (Å²) in [7, 11) is 3.01. The van der Waals surface area contributed by atoms with Crippen LogP contribution in [0.15, 0.2) is 59.7 Å². The van der Waals surface area contributed by atoms with E-state index in [1.54, 1.807) is 50.6 Å². The molecule has 4 aromatic rings. The molecule has 0 bridgehead atoms. The van der Waals surface area contributed by atoms with Crippen molar-refractivity contribution in [3.8, 4) is 28.4 Å². The zero-order valence-electron chi connectivity index (χ0n) is 24.3. The monoisotopic (exact) mass is 636 g/mol. The lowest BCUT2D eigenvalue weighted by Crippen LogP contribution is -2.28. The summed E-state index contributed by atoms with van der Waals surface area (Å²) in [5.74, 6) is -0.170. The second-order valence-corrected chi connectivity index (χ2v) is 10.9. The molecule has 228 valence electrons. The highest BCUT2D eigenvalue weighted by atomic mass is 35.5. The van der Waals surface area contributed by atoms with Gasteiger partial charge >= 0.3 is 5.97 Å². The van der Waals surface area contributed by atoms with Gasteiger partial charge in [0.2, 0.25) is 5.88 Å². The van der Waals surface area contributed by atoms with Crippen LogP contribution in [0.3, 0.4) is 0 Å². The van der Waals surface area contributed by atoms with Gasteiger partial charge in [0.25, 0.3) is 11.5 Å². The van der Waals surface area contributed by atoms with Gasteiger partial charge in [-0.2, -0.15) is 10.1 Å². The maximum absolute atomic E-state index is 12.9. The number of methoxy groups -OCH3 is 1. The van der Waals surface area contributed by atoms with Crippen LogP contribution >= 0.6 is 23.2 Å². The maximum Gasteiger partial charge on any atom is 0.310 e. The fourth-order valence-electron chi connectivity index (χ4n) is 5.09. The third-order valence-electron chi connectivity index (χ3n) is 7.33. The molecule has 2 aromatic heterocycles. The summed E-state index contributed by atoms with van der Waals surface area (Å²) in [5.41, 5.74) is 2.21. The Morgan fingerprint density at radius 1 is 1.07 bits per heavy atom. The molecule has 13 heteroatoms. The van der Waals surface area contributed by atoms with Crippen LogP contribution in [0.2, 0.25) is 10.0 Å². The van der Waals surface area contributed by atoms with Gasteiger partial charge in [-0.15, -0.1) is 0 Å². The zero-order chi connectivity index (χ0) is 31.4. The minimum atomic E-state index is -0.613. The van der Waals surface area contributed by atoms with Gasteiger partial charge in [-0.1, -0.05) is 47.5 Å². The molecule has 0 aliphatic carbocycles. The van der Waals surface area contributed by atoms with E-state index in [9.17, 15) is 14.4 Å². The molecule has 1 aliphatic heterocycles. The van der Waals surface area contributed by atoms with E-state index in [1.165, 1.54) is 19.3 Å². The number of benzene rings is 2. The molecule has 1 atom stereocenters. The molecule has 1 saturated heterocycles. The molecular weight excluding hydrogens is 607 g/mol. The van der Waals surface area contributed by atoms with Crippen molar-refractivity contribution in [2.45, 2.75) is 19.9 Å². The molecule has 0 spiro atoms. The number of anilines is 1. The number of likely N-dealkylation sites (tertiary alicyclic amines) is 1. The van der Waals surface area contributed by atoms with Crippen molar-refractivity contribution >= 4 is 40.8 Å². The minimum absolute atomic E-state index is 0.0675. The van der Waals surface area contributed by atoms with Crippen molar-refractivity contribution in [3.63, 3.8) is 0 Å². The highest BCUT2D eigenvalue weighted by molar-refractivity contribution is 6.39. The smallest absolute Gasteiger partial charge is 0.310 e. The van der Waals surface area contributed by atoms with Gasteiger partial charge < -0.3 is 14.8 Å². The number of hydrogen-bond donors (Lipinski definition) is 1. The second kappa shape index (κ2) is 13.5. The van der Waals surface area contributed by atoms with Crippen LogP contribution in [0.5, 0.6) is 5.88 Å². The van der Waals surface area contributed by atoms with E-state index < -0.39 is 11.5 Å². The number of nitrogens with zero attached hydrogens (tertiary/aromatic N) is 5. The number of carbonyl (C=O) groups excluding carboxylic acids is 2. The van der Waals surface area contributed by atoms with Crippen LogP contribution in [0.4, 0.5) is 5.69 Å². The first-order chi connectivity index (χ1) is 21.2. The largest absolute Gasteiger partial charge is 0.481 e. The molecule has 1 amide bonds. The van der Waals surface area contributed by atoms with Gasteiger partial charge in [0.1, 0.15) is 5.56 Å². The number of ether oxygens (including phenoxy) is 2. The van der Waals surface area contributed by atoms with E-state index in [1.807, 2.05) is 6.07 Å². The van der Waals surface area contributed by atoms with E-state index >= 15 is 0 Å². The van der Waals surface area contributed by atoms with E-state index in [0.717, 1.165) is 23.2 Å². The lowest BCUT2D eigenvalue weighted by Gasteiger charge is -2.18. The van der Waals surface area contributed by atoms with E-state index in [2.05, 4.69) is 25.3 Å². The van der Waals surface area contributed by atoms with Crippen molar-refractivity contribution in [2.75, 3.05) is 32.1 Å². The lowest BCUT2D eigenvalue weighted by molar-refractivity contribution is -0.147. The van der Waals surface area contributed by atoms with Gasteiger partial charge in [-0.25, -0.2) is 9.67 Å². The molecule has 1 aliphatic rings. The van der Waals surface area contributed by atoms with Crippen molar-refractivity contribution in [1.29, 1.82) is 0 Å². The Morgan fingerprint density at radius 2 is 1.80 bits per heavy atom. The van der Waals surface area contributed by atoms with E-state index in [0.29, 0.717) is 58.8 Å². The molecule has 0 saturated carbocycles. The first-order valence-electron chi connectivity index (χ1n) is 13.9.